The highest BCUT2D eigenvalue weighted by Crippen LogP contribution is 2.27. The largest absolute Gasteiger partial charge is 0.504 e. The van der Waals surface area contributed by atoms with Gasteiger partial charge in [0.25, 0.3) is 0 Å². The van der Waals surface area contributed by atoms with Gasteiger partial charge < -0.3 is 19.3 Å². The van der Waals surface area contributed by atoms with E-state index in [4.69, 9.17) is 14.2 Å². The van der Waals surface area contributed by atoms with Gasteiger partial charge in [-0.05, 0) is 37.6 Å². The van der Waals surface area contributed by atoms with Gasteiger partial charge in [0.05, 0.1) is 7.11 Å². The van der Waals surface area contributed by atoms with Crippen LogP contribution in [-0.4, -0.2) is 30.7 Å². The lowest BCUT2D eigenvalue weighted by molar-refractivity contribution is -0.122. The van der Waals surface area contributed by atoms with Crippen LogP contribution in [0.3, 0.4) is 0 Å². The van der Waals surface area contributed by atoms with Crippen molar-refractivity contribution in [2.24, 2.45) is 0 Å². The topological polar surface area (TPSA) is 65.0 Å². The smallest absolute Gasteiger partial charge is 0.240 e. The van der Waals surface area contributed by atoms with Crippen LogP contribution in [0.2, 0.25) is 0 Å². The molecule has 0 fully saturated rings. The van der Waals surface area contributed by atoms with E-state index in [0.717, 1.165) is 5.56 Å². The molecule has 1 aromatic rings. The maximum atomic E-state index is 11.7. The fourth-order valence-electron chi connectivity index (χ4n) is 2.02. The van der Waals surface area contributed by atoms with E-state index in [-0.39, 0.29) is 23.9 Å². The summed E-state index contributed by atoms with van der Waals surface area (Å²) in [4.78, 5) is 11.7. The van der Waals surface area contributed by atoms with Crippen molar-refractivity contribution in [3.63, 3.8) is 0 Å². The number of rotatable bonds is 5. The van der Waals surface area contributed by atoms with Crippen molar-refractivity contribution in [1.82, 2.24) is 0 Å². The van der Waals surface area contributed by atoms with E-state index in [1.54, 1.807) is 38.1 Å². The van der Waals surface area contributed by atoms with Gasteiger partial charge in [0, 0.05) is 0 Å². The Morgan fingerprint density at radius 2 is 2.19 bits per heavy atom. The fourth-order valence-corrected chi connectivity index (χ4v) is 2.02. The summed E-state index contributed by atoms with van der Waals surface area (Å²) in [5, 5.41) is 9.50. The summed E-state index contributed by atoms with van der Waals surface area (Å²) in [6, 6.07) is 5.02. The zero-order valence-electron chi connectivity index (χ0n) is 12.3. The predicted octanol–water partition coefficient (Wildman–Crippen LogP) is 2.65. The maximum absolute atomic E-state index is 11.7. The predicted molar refractivity (Wildman–Crippen MR) is 77.9 cm³/mol. The molecule has 5 nitrogen and oxygen atoms in total. The summed E-state index contributed by atoms with van der Waals surface area (Å²) in [6.07, 6.45) is 3.13. The van der Waals surface area contributed by atoms with E-state index in [0.29, 0.717) is 11.5 Å². The summed E-state index contributed by atoms with van der Waals surface area (Å²) >= 11 is 0. The molecule has 1 unspecified atom stereocenters. The van der Waals surface area contributed by atoms with Crippen molar-refractivity contribution in [3.8, 4) is 11.5 Å². The van der Waals surface area contributed by atoms with E-state index in [1.165, 1.54) is 7.11 Å². The molecule has 0 radical (unpaired) electrons. The second kappa shape index (κ2) is 6.35. The van der Waals surface area contributed by atoms with Crippen LogP contribution in [0.5, 0.6) is 11.5 Å². The van der Waals surface area contributed by atoms with Crippen LogP contribution < -0.4 is 4.74 Å². The summed E-state index contributed by atoms with van der Waals surface area (Å²) < 4.78 is 15.7. The molecule has 0 spiro atoms. The van der Waals surface area contributed by atoms with Gasteiger partial charge in [0.2, 0.25) is 11.5 Å². The van der Waals surface area contributed by atoms with Crippen molar-refractivity contribution in [1.29, 1.82) is 0 Å². The van der Waals surface area contributed by atoms with Crippen LogP contribution in [-0.2, 0) is 14.3 Å². The van der Waals surface area contributed by atoms with E-state index < -0.39 is 6.10 Å². The number of aromatic hydroxyl groups is 1. The number of methoxy groups -OCH3 is 1. The van der Waals surface area contributed by atoms with E-state index in [1.807, 2.05) is 6.08 Å². The second-order valence-corrected chi connectivity index (χ2v) is 4.65. The van der Waals surface area contributed by atoms with Crippen LogP contribution in [0.15, 0.2) is 35.8 Å². The van der Waals surface area contributed by atoms with Crippen molar-refractivity contribution < 1.29 is 24.1 Å². The SMILES string of the molecule is COc1cc(/C=C/COC2=C(C)OC(C)C2=O)ccc1O. The normalized spacial score (nSPS) is 18.2. The number of phenols is 1. The highest BCUT2D eigenvalue weighted by molar-refractivity contribution is 5.99. The van der Waals surface area contributed by atoms with Crippen LogP contribution in [0.4, 0.5) is 0 Å². The van der Waals surface area contributed by atoms with Crippen LogP contribution in [0.25, 0.3) is 6.08 Å². The molecule has 1 aliphatic rings. The molecular formula is C16H18O5. The van der Waals surface area contributed by atoms with Crippen LogP contribution >= 0.6 is 0 Å². The van der Waals surface area contributed by atoms with Crippen molar-refractivity contribution in [2.75, 3.05) is 13.7 Å². The molecule has 1 aromatic carbocycles. The number of ether oxygens (including phenoxy) is 3. The minimum atomic E-state index is -0.467. The third kappa shape index (κ3) is 3.37. The number of carbonyl (C=O) groups excluding carboxylic acids is 1. The number of hydrogen-bond acceptors (Lipinski definition) is 5. The van der Waals surface area contributed by atoms with E-state index >= 15 is 0 Å². The van der Waals surface area contributed by atoms with Gasteiger partial charge in [-0.15, -0.1) is 0 Å². The van der Waals surface area contributed by atoms with E-state index in [2.05, 4.69) is 0 Å². The first-order valence-electron chi connectivity index (χ1n) is 6.61. The number of phenolic OH excluding ortho intramolecular Hbond substituents is 1. The maximum Gasteiger partial charge on any atom is 0.240 e. The monoisotopic (exact) mass is 290 g/mol. The molecule has 2 rings (SSSR count). The average molecular weight is 290 g/mol. The number of benzene rings is 1. The fraction of sp³-hybridized carbons (Fsp3) is 0.312. The summed E-state index contributed by atoms with van der Waals surface area (Å²) in [5.41, 5.74) is 0.862. The zero-order valence-corrected chi connectivity index (χ0v) is 12.3. The Bertz CT molecular complexity index is 601. The molecule has 1 heterocycles. The van der Waals surface area contributed by atoms with Gasteiger partial charge in [-0.25, -0.2) is 0 Å². The Labute approximate surface area is 123 Å². The van der Waals surface area contributed by atoms with Crippen molar-refractivity contribution >= 4 is 11.9 Å². The molecule has 0 aromatic heterocycles. The minimum absolute atomic E-state index is 0.0920. The van der Waals surface area contributed by atoms with Crippen LogP contribution in [0, 0.1) is 0 Å². The van der Waals surface area contributed by atoms with Gasteiger partial charge in [0.15, 0.2) is 17.6 Å². The zero-order chi connectivity index (χ0) is 15.4. The lowest BCUT2D eigenvalue weighted by atomic mass is 10.2. The van der Waals surface area contributed by atoms with Crippen molar-refractivity contribution in [2.45, 2.75) is 20.0 Å². The highest BCUT2D eigenvalue weighted by atomic mass is 16.5. The van der Waals surface area contributed by atoms with E-state index in [9.17, 15) is 9.90 Å². The first-order chi connectivity index (χ1) is 10.0. The quantitative estimate of drug-likeness (QED) is 0.903. The minimum Gasteiger partial charge on any atom is -0.504 e. The Morgan fingerprint density at radius 3 is 2.81 bits per heavy atom. The third-order valence-corrected chi connectivity index (χ3v) is 3.10. The summed E-state index contributed by atoms with van der Waals surface area (Å²) in [5.74, 6) is 1.18. The average Bonchev–Trinajstić information content (AvgIpc) is 2.70. The molecular weight excluding hydrogens is 272 g/mol. The second-order valence-electron chi connectivity index (χ2n) is 4.65. The Balaban J connectivity index is 1.95. The first kappa shape index (κ1) is 15.0. The summed E-state index contributed by atoms with van der Waals surface area (Å²) in [6.45, 7) is 3.67. The molecule has 112 valence electrons. The Morgan fingerprint density at radius 1 is 1.43 bits per heavy atom. The third-order valence-electron chi connectivity index (χ3n) is 3.10. The summed E-state index contributed by atoms with van der Waals surface area (Å²) in [7, 11) is 1.49. The number of allylic oxidation sites excluding steroid dienone is 1. The lowest BCUT2D eigenvalue weighted by Crippen LogP contribution is -2.14. The number of carbonyl (C=O) groups is 1. The Kier molecular flexibility index (Phi) is 4.52. The van der Waals surface area contributed by atoms with Gasteiger partial charge in [-0.3, -0.25) is 4.79 Å². The molecule has 21 heavy (non-hydrogen) atoms. The molecule has 5 heteroatoms. The number of hydrogen-bond donors (Lipinski definition) is 1. The first-order valence-corrected chi connectivity index (χ1v) is 6.61. The standard InChI is InChI=1S/C16H18O5/c1-10-15(18)16(11(2)21-10)20-8-4-5-12-6-7-13(17)14(9-12)19-3/h4-7,9-10,17H,8H2,1-3H3/b5-4+. The van der Waals surface area contributed by atoms with Crippen LogP contribution in [0.1, 0.15) is 19.4 Å². The number of Topliss-reactive ketones (excluding diaryl/α,β-unsaturated/α-hetero) is 1. The van der Waals surface area contributed by atoms with Gasteiger partial charge in [-0.2, -0.15) is 0 Å². The van der Waals surface area contributed by atoms with Gasteiger partial charge >= 0.3 is 0 Å². The van der Waals surface area contributed by atoms with Crippen molar-refractivity contribution in [3.05, 3.63) is 41.4 Å². The number of ketones is 1. The molecule has 0 amide bonds. The Hall–Kier alpha value is -2.43. The van der Waals surface area contributed by atoms with Gasteiger partial charge in [0.1, 0.15) is 12.4 Å². The molecule has 1 N–H and O–H groups in total. The lowest BCUT2D eigenvalue weighted by Gasteiger charge is -2.04. The molecule has 0 saturated heterocycles. The van der Waals surface area contributed by atoms with Gasteiger partial charge in [-0.1, -0.05) is 12.1 Å². The molecule has 1 aliphatic heterocycles. The molecule has 0 saturated carbocycles. The molecule has 1 atom stereocenters. The molecule has 0 bridgehead atoms. The molecule has 0 aliphatic carbocycles. The highest BCUT2D eigenvalue weighted by Gasteiger charge is 2.30.